The van der Waals surface area contributed by atoms with E-state index in [1.54, 1.807) is 0 Å². The number of rotatable bonds is 8. The maximum absolute atomic E-state index is 11.5. The molecule has 1 aliphatic heterocycles. The van der Waals surface area contributed by atoms with Crippen LogP contribution in [0, 0.1) is 0 Å². The van der Waals surface area contributed by atoms with Gasteiger partial charge in [0.05, 0.1) is 12.1 Å². The summed E-state index contributed by atoms with van der Waals surface area (Å²) in [6.07, 6.45) is 2.48. The lowest BCUT2D eigenvalue weighted by molar-refractivity contribution is -0.138. The van der Waals surface area contributed by atoms with E-state index in [1.807, 2.05) is 42.4 Å². The van der Waals surface area contributed by atoms with Gasteiger partial charge in [0.1, 0.15) is 0 Å². The first-order valence-corrected chi connectivity index (χ1v) is 10.7. The van der Waals surface area contributed by atoms with Crippen molar-refractivity contribution in [1.82, 2.24) is 20.0 Å². The average molecular weight is 432 g/mol. The maximum Gasteiger partial charge on any atom is 0.317 e. The topological polar surface area (TPSA) is 108 Å². The molecule has 2 aromatic rings. The first kappa shape index (κ1) is 24.3. The van der Waals surface area contributed by atoms with Gasteiger partial charge in [0.15, 0.2) is 5.82 Å². The number of anilines is 1. The molecule has 9 nitrogen and oxygen atoms in total. The van der Waals surface area contributed by atoms with Gasteiger partial charge in [0.2, 0.25) is 12.3 Å². The van der Waals surface area contributed by atoms with Crippen molar-refractivity contribution in [3.05, 3.63) is 23.8 Å². The molecule has 1 aromatic carbocycles. The Kier molecular flexibility index (Phi) is 8.99. The molecule has 1 aliphatic rings. The normalized spacial score (nSPS) is 14.6. The van der Waals surface area contributed by atoms with Crippen LogP contribution in [0.1, 0.15) is 44.6 Å². The molecule has 0 atom stereocenters. The molecule has 0 saturated carbocycles. The van der Waals surface area contributed by atoms with Crippen LogP contribution in [-0.2, 0) is 21.4 Å². The monoisotopic (exact) mass is 431 g/mol. The molecule has 0 radical (unpaired) electrons. The largest absolute Gasteiger partial charge is 0.480 e. The summed E-state index contributed by atoms with van der Waals surface area (Å²) in [5.41, 5.74) is 2.27. The van der Waals surface area contributed by atoms with Crippen LogP contribution in [0.15, 0.2) is 18.2 Å². The van der Waals surface area contributed by atoms with Crippen molar-refractivity contribution in [3.8, 4) is 0 Å². The van der Waals surface area contributed by atoms with E-state index in [9.17, 15) is 14.4 Å². The molecule has 9 heteroatoms. The summed E-state index contributed by atoms with van der Waals surface area (Å²) < 4.78 is 1.84. The van der Waals surface area contributed by atoms with E-state index in [0.717, 1.165) is 42.7 Å². The van der Waals surface area contributed by atoms with Crippen molar-refractivity contribution in [3.63, 3.8) is 0 Å². The molecule has 0 spiro atoms. The van der Waals surface area contributed by atoms with Crippen molar-refractivity contribution in [2.24, 2.45) is 7.05 Å². The van der Waals surface area contributed by atoms with Crippen LogP contribution >= 0.6 is 0 Å². The second-order valence-electron chi connectivity index (χ2n) is 7.52. The summed E-state index contributed by atoms with van der Waals surface area (Å²) in [4.78, 5) is 36.6. The van der Waals surface area contributed by atoms with Crippen LogP contribution in [0.25, 0.3) is 10.9 Å². The number of fused-ring (bicyclic) bond motifs is 1. The van der Waals surface area contributed by atoms with E-state index in [-0.39, 0.29) is 18.9 Å². The van der Waals surface area contributed by atoms with Gasteiger partial charge in [0, 0.05) is 32.4 Å². The number of carbonyl (C=O) groups is 3. The number of aliphatic carboxylic acids is 1. The number of hydrogen-bond donors (Lipinski definition) is 2. The fourth-order valence-electron chi connectivity index (χ4n) is 3.92. The number of carbonyl (C=O) groups excluding carboxylic acids is 2. The molecule has 1 fully saturated rings. The van der Waals surface area contributed by atoms with Gasteiger partial charge in [-0.3, -0.25) is 29.3 Å². The highest BCUT2D eigenvalue weighted by molar-refractivity contribution is 5.91. The Morgan fingerprint density at radius 3 is 2.58 bits per heavy atom. The lowest BCUT2D eigenvalue weighted by Crippen LogP contribution is -2.36. The van der Waals surface area contributed by atoms with E-state index in [2.05, 4.69) is 28.6 Å². The molecule has 2 N–H and O–H groups in total. The van der Waals surface area contributed by atoms with Gasteiger partial charge < -0.3 is 10.0 Å². The van der Waals surface area contributed by atoms with Gasteiger partial charge in [-0.15, -0.1) is 0 Å². The van der Waals surface area contributed by atoms with Crippen molar-refractivity contribution >= 4 is 35.0 Å². The van der Waals surface area contributed by atoms with Gasteiger partial charge in [-0.1, -0.05) is 19.9 Å². The van der Waals surface area contributed by atoms with Crippen molar-refractivity contribution < 1.29 is 19.5 Å². The lowest BCUT2D eigenvalue weighted by Gasteiger charge is -2.31. The second kappa shape index (κ2) is 11.5. The number of hydrogen-bond acceptors (Lipinski definition) is 6. The minimum Gasteiger partial charge on any atom is -0.480 e. The highest BCUT2D eigenvalue weighted by Gasteiger charge is 2.23. The molecule has 0 aliphatic carbocycles. The SMILES string of the molecule is CC.CN(CCC(=O)NC=O)c1nn(C)c2cc(C3CCN(CC(=O)O)CC3)ccc12. The van der Waals surface area contributed by atoms with Crippen LogP contribution < -0.4 is 10.2 Å². The summed E-state index contributed by atoms with van der Waals surface area (Å²) in [7, 11) is 3.78. The van der Waals surface area contributed by atoms with Crippen LogP contribution in [-0.4, -0.2) is 71.3 Å². The predicted octanol–water partition coefficient (Wildman–Crippen LogP) is 1.96. The molecular weight excluding hydrogens is 398 g/mol. The summed E-state index contributed by atoms with van der Waals surface area (Å²) in [5, 5.41) is 16.7. The zero-order chi connectivity index (χ0) is 23.0. The van der Waals surface area contributed by atoms with Crippen LogP contribution in [0.5, 0.6) is 0 Å². The summed E-state index contributed by atoms with van der Waals surface area (Å²) >= 11 is 0. The minimum atomic E-state index is -0.778. The lowest BCUT2D eigenvalue weighted by atomic mass is 9.89. The molecule has 2 amide bonds. The number of carboxylic acid groups (broad SMARTS) is 1. The predicted molar refractivity (Wildman–Crippen MR) is 120 cm³/mol. The summed E-state index contributed by atoms with van der Waals surface area (Å²) in [5.74, 6) is 0.112. The number of aromatic nitrogens is 2. The molecule has 1 saturated heterocycles. The third-order valence-electron chi connectivity index (χ3n) is 5.53. The van der Waals surface area contributed by atoms with Gasteiger partial charge in [-0.2, -0.15) is 5.10 Å². The Labute approximate surface area is 183 Å². The van der Waals surface area contributed by atoms with Gasteiger partial charge in [0.25, 0.3) is 0 Å². The number of nitrogens with one attached hydrogen (secondary N) is 1. The molecule has 2 heterocycles. The second-order valence-corrected chi connectivity index (χ2v) is 7.52. The molecule has 1 aromatic heterocycles. The van der Waals surface area contributed by atoms with Crippen LogP contribution in [0.2, 0.25) is 0 Å². The average Bonchev–Trinajstić information content (AvgIpc) is 3.10. The highest BCUT2D eigenvalue weighted by Crippen LogP contribution is 2.32. The Morgan fingerprint density at radius 1 is 1.29 bits per heavy atom. The molecule has 31 heavy (non-hydrogen) atoms. The number of carboxylic acids is 1. The number of imide groups is 1. The summed E-state index contributed by atoms with van der Waals surface area (Å²) in [6.45, 7) is 6.14. The molecule has 3 rings (SSSR count). The van der Waals surface area contributed by atoms with Gasteiger partial charge in [-0.25, -0.2) is 0 Å². The fraction of sp³-hybridized carbons (Fsp3) is 0.545. The third-order valence-corrected chi connectivity index (χ3v) is 5.53. The Hall–Kier alpha value is -2.94. The number of benzene rings is 1. The van der Waals surface area contributed by atoms with E-state index in [0.29, 0.717) is 18.9 Å². The summed E-state index contributed by atoms with van der Waals surface area (Å²) in [6, 6.07) is 6.35. The minimum absolute atomic E-state index is 0.105. The molecule has 170 valence electrons. The highest BCUT2D eigenvalue weighted by atomic mass is 16.4. The van der Waals surface area contributed by atoms with Crippen molar-refractivity contribution in [2.75, 3.05) is 38.1 Å². The first-order chi connectivity index (χ1) is 14.9. The fourth-order valence-corrected chi connectivity index (χ4v) is 3.92. The number of nitrogens with zero attached hydrogens (tertiary/aromatic N) is 4. The quantitative estimate of drug-likeness (QED) is 0.615. The van der Waals surface area contributed by atoms with E-state index in [1.165, 1.54) is 5.56 Å². The van der Waals surface area contributed by atoms with Gasteiger partial charge >= 0.3 is 5.97 Å². The van der Waals surface area contributed by atoms with E-state index >= 15 is 0 Å². The zero-order valence-corrected chi connectivity index (χ0v) is 18.8. The molecule has 0 bridgehead atoms. The molecule has 0 unspecified atom stereocenters. The maximum atomic E-state index is 11.5. The van der Waals surface area contributed by atoms with Crippen LogP contribution in [0.4, 0.5) is 5.82 Å². The first-order valence-electron chi connectivity index (χ1n) is 10.7. The third kappa shape index (κ3) is 6.27. The number of amides is 2. The number of likely N-dealkylation sites (tertiary alicyclic amines) is 1. The van der Waals surface area contributed by atoms with Crippen molar-refractivity contribution in [2.45, 2.75) is 39.0 Å². The van der Waals surface area contributed by atoms with E-state index in [4.69, 9.17) is 5.11 Å². The standard InChI is InChI=1S/C20H27N5O4.C2H6/c1-23(8-7-18(27)21-13-26)20-16-4-3-15(11-17(16)24(2)22-20)14-5-9-25(10-6-14)12-19(28)29;1-2/h3-4,11,13-14H,5-10,12H2,1-2H3,(H,28,29)(H,21,26,27);1-2H3. The zero-order valence-electron chi connectivity index (χ0n) is 18.8. The van der Waals surface area contributed by atoms with E-state index < -0.39 is 5.97 Å². The smallest absolute Gasteiger partial charge is 0.317 e. The van der Waals surface area contributed by atoms with Crippen LogP contribution in [0.3, 0.4) is 0 Å². The Morgan fingerprint density at radius 2 is 1.97 bits per heavy atom. The van der Waals surface area contributed by atoms with Gasteiger partial charge in [-0.05, 0) is 49.5 Å². The van der Waals surface area contributed by atoms with Crippen molar-refractivity contribution in [1.29, 1.82) is 0 Å². The number of aryl methyl sites for hydroxylation is 1. The Balaban J connectivity index is 0.00000166. The Bertz CT molecular complexity index is 903. The molecular formula is C22H33N5O4. The number of piperidine rings is 1.